The SMILES string of the molecule is CC(C)n1cc(CCC(=O)NC[C@@H](CN2Cc3ccccc3C2=O)c2ccccc2)c2ccccc21. The summed E-state index contributed by atoms with van der Waals surface area (Å²) >= 11 is 0. The standard InChI is InChI=1S/C31H33N3O2/c1-22(2)34-21-25(27-13-8-9-15-29(27)34)16-17-30(35)32-18-26(23-10-4-3-5-11-23)20-33-19-24-12-6-7-14-28(24)31(33)36/h3-15,21-22,26H,16-20H2,1-2H3,(H,32,35)/t26-/m0/s1. The van der Waals surface area contributed by atoms with Crippen LogP contribution in [-0.2, 0) is 17.8 Å². The number of benzene rings is 3. The van der Waals surface area contributed by atoms with E-state index in [-0.39, 0.29) is 17.7 Å². The largest absolute Gasteiger partial charge is 0.355 e. The fourth-order valence-electron chi connectivity index (χ4n) is 5.22. The molecule has 36 heavy (non-hydrogen) atoms. The Balaban J connectivity index is 1.24. The first-order chi connectivity index (χ1) is 17.5. The quantitative estimate of drug-likeness (QED) is 0.334. The van der Waals surface area contributed by atoms with Crippen LogP contribution in [0.4, 0.5) is 0 Å². The Labute approximate surface area is 212 Å². The zero-order valence-electron chi connectivity index (χ0n) is 21.0. The van der Waals surface area contributed by atoms with Crippen LogP contribution in [0.5, 0.6) is 0 Å². The lowest BCUT2D eigenvalue weighted by Crippen LogP contribution is -2.36. The van der Waals surface area contributed by atoms with Gasteiger partial charge in [0.2, 0.25) is 5.91 Å². The van der Waals surface area contributed by atoms with Gasteiger partial charge in [-0.15, -0.1) is 0 Å². The second-order valence-corrected chi connectivity index (χ2v) is 9.93. The first-order valence-corrected chi connectivity index (χ1v) is 12.8. The van der Waals surface area contributed by atoms with Crippen LogP contribution in [0, 0.1) is 0 Å². The molecule has 0 spiro atoms. The van der Waals surface area contributed by atoms with E-state index < -0.39 is 0 Å². The van der Waals surface area contributed by atoms with Crippen LogP contribution in [0.1, 0.15) is 59.3 Å². The minimum atomic E-state index is 0.0243. The molecule has 0 fully saturated rings. The molecule has 184 valence electrons. The Morgan fingerprint density at radius 2 is 1.67 bits per heavy atom. The van der Waals surface area contributed by atoms with Crippen LogP contribution in [0.15, 0.2) is 85.1 Å². The van der Waals surface area contributed by atoms with E-state index in [0.29, 0.717) is 38.5 Å². The molecule has 0 aliphatic carbocycles. The molecule has 0 bridgehead atoms. The molecule has 5 heteroatoms. The molecule has 3 aromatic carbocycles. The van der Waals surface area contributed by atoms with Crippen molar-refractivity contribution in [3.05, 3.63) is 107 Å². The number of hydrogen-bond acceptors (Lipinski definition) is 2. The number of carbonyl (C=O) groups is 2. The van der Waals surface area contributed by atoms with Gasteiger partial charge in [-0.3, -0.25) is 9.59 Å². The lowest BCUT2D eigenvalue weighted by atomic mass is 9.98. The number of hydrogen-bond donors (Lipinski definition) is 1. The number of aryl methyl sites for hydroxylation is 1. The summed E-state index contributed by atoms with van der Waals surface area (Å²) in [5.41, 5.74) is 5.40. The van der Waals surface area contributed by atoms with E-state index in [1.165, 1.54) is 16.5 Å². The second-order valence-electron chi connectivity index (χ2n) is 9.93. The van der Waals surface area contributed by atoms with E-state index >= 15 is 0 Å². The Bertz CT molecular complexity index is 1370. The summed E-state index contributed by atoms with van der Waals surface area (Å²) in [6.07, 6.45) is 3.32. The molecule has 2 heterocycles. The third-order valence-electron chi connectivity index (χ3n) is 7.15. The van der Waals surface area contributed by atoms with Gasteiger partial charge >= 0.3 is 0 Å². The van der Waals surface area contributed by atoms with Gasteiger partial charge in [0.05, 0.1) is 0 Å². The van der Waals surface area contributed by atoms with Crippen LogP contribution in [-0.4, -0.2) is 34.4 Å². The molecule has 0 unspecified atom stereocenters. The van der Waals surface area contributed by atoms with E-state index in [9.17, 15) is 9.59 Å². The highest BCUT2D eigenvalue weighted by atomic mass is 16.2. The lowest BCUT2D eigenvalue weighted by molar-refractivity contribution is -0.121. The summed E-state index contributed by atoms with van der Waals surface area (Å²) in [5.74, 6) is 0.129. The Hall–Kier alpha value is -3.86. The molecule has 0 saturated heterocycles. The Morgan fingerprint density at radius 3 is 2.44 bits per heavy atom. The van der Waals surface area contributed by atoms with E-state index in [0.717, 1.165) is 16.7 Å². The molecule has 1 aliphatic heterocycles. The van der Waals surface area contributed by atoms with Gasteiger partial charge in [-0.25, -0.2) is 0 Å². The average molecular weight is 480 g/mol. The zero-order chi connectivity index (χ0) is 25.1. The van der Waals surface area contributed by atoms with Crippen LogP contribution in [0.25, 0.3) is 10.9 Å². The van der Waals surface area contributed by atoms with Crippen molar-refractivity contribution in [3.8, 4) is 0 Å². The molecule has 1 aromatic heterocycles. The molecule has 0 saturated carbocycles. The molecule has 4 aromatic rings. The summed E-state index contributed by atoms with van der Waals surface area (Å²) < 4.78 is 2.28. The van der Waals surface area contributed by atoms with Crippen molar-refractivity contribution >= 4 is 22.7 Å². The summed E-state index contributed by atoms with van der Waals surface area (Å²) in [6, 6.07) is 26.7. The summed E-state index contributed by atoms with van der Waals surface area (Å²) in [5, 5.41) is 4.37. The Morgan fingerprint density at radius 1 is 0.944 bits per heavy atom. The maximum atomic E-state index is 13.0. The highest BCUT2D eigenvalue weighted by molar-refractivity contribution is 5.98. The molecule has 0 radical (unpaired) electrons. The van der Waals surface area contributed by atoms with Crippen molar-refractivity contribution in [2.24, 2.45) is 0 Å². The summed E-state index contributed by atoms with van der Waals surface area (Å²) in [6.45, 7) is 6.04. The minimum Gasteiger partial charge on any atom is -0.355 e. The third-order valence-corrected chi connectivity index (χ3v) is 7.15. The van der Waals surface area contributed by atoms with Crippen molar-refractivity contribution in [1.82, 2.24) is 14.8 Å². The fraction of sp³-hybridized carbons (Fsp3) is 0.290. The third kappa shape index (κ3) is 4.92. The number of fused-ring (bicyclic) bond motifs is 2. The molecule has 5 rings (SSSR count). The van der Waals surface area contributed by atoms with Gasteiger partial charge in [0.1, 0.15) is 0 Å². The fourth-order valence-corrected chi connectivity index (χ4v) is 5.22. The van der Waals surface area contributed by atoms with Gasteiger partial charge < -0.3 is 14.8 Å². The van der Waals surface area contributed by atoms with Crippen molar-refractivity contribution in [1.29, 1.82) is 0 Å². The van der Waals surface area contributed by atoms with E-state index in [1.54, 1.807) is 0 Å². The van der Waals surface area contributed by atoms with Crippen LogP contribution in [0.2, 0.25) is 0 Å². The predicted molar refractivity (Wildman–Crippen MR) is 144 cm³/mol. The van der Waals surface area contributed by atoms with E-state index in [2.05, 4.69) is 66.3 Å². The minimum absolute atomic E-state index is 0.0243. The van der Waals surface area contributed by atoms with Gasteiger partial charge in [-0.2, -0.15) is 0 Å². The summed E-state index contributed by atoms with van der Waals surface area (Å²) in [4.78, 5) is 27.8. The van der Waals surface area contributed by atoms with Crippen molar-refractivity contribution in [2.75, 3.05) is 13.1 Å². The number of nitrogens with one attached hydrogen (secondary N) is 1. The molecule has 5 nitrogen and oxygen atoms in total. The van der Waals surface area contributed by atoms with Crippen LogP contribution >= 0.6 is 0 Å². The summed E-state index contributed by atoms with van der Waals surface area (Å²) in [7, 11) is 0. The first kappa shape index (κ1) is 23.9. The lowest BCUT2D eigenvalue weighted by Gasteiger charge is -2.24. The van der Waals surface area contributed by atoms with Gasteiger partial charge in [0.25, 0.3) is 5.91 Å². The number of aromatic nitrogens is 1. The first-order valence-electron chi connectivity index (χ1n) is 12.8. The average Bonchev–Trinajstić information content (AvgIpc) is 3.43. The van der Waals surface area contributed by atoms with Gasteiger partial charge in [-0.05, 0) is 49.1 Å². The monoisotopic (exact) mass is 479 g/mol. The van der Waals surface area contributed by atoms with Crippen LogP contribution in [0.3, 0.4) is 0 Å². The van der Waals surface area contributed by atoms with Gasteiger partial charge in [0, 0.05) is 60.7 Å². The topological polar surface area (TPSA) is 54.3 Å². The van der Waals surface area contributed by atoms with Gasteiger partial charge in [0.15, 0.2) is 0 Å². The van der Waals surface area contributed by atoms with E-state index in [4.69, 9.17) is 0 Å². The van der Waals surface area contributed by atoms with Crippen molar-refractivity contribution in [2.45, 2.75) is 45.2 Å². The molecule has 1 N–H and O–H groups in total. The normalized spacial score (nSPS) is 13.9. The highest BCUT2D eigenvalue weighted by Crippen LogP contribution is 2.27. The highest BCUT2D eigenvalue weighted by Gasteiger charge is 2.29. The number of para-hydroxylation sites is 1. The second kappa shape index (κ2) is 10.4. The smallest absolute Gasteiger partial charge is 0.254 e. The van der Waals surface area contributed by atoms with Crippen molar-refractivity contribution in [3.63, 3.8) is 0 Å². The number of carbonyl (C=O) groups excluding carboxylic acids is 2. The maximum absolute atomic E-state index is 13.0. The molecular weight excluding hydrogens is 446 g/mol. The van der Waals surface area contributed by atoms with Crippen LogP contribution < -0.4 is 5.32 Å². The number of amides is 2. The molecule has 2 amide bonds. The predicted octanol–water partition coefficient (Wildman–Crippen LogP) is 5.71. The zero-order valence-corrected chi connectivity index (χ0v) is 21.0. The maximum Gasteiger partial charge on any atom is 0.254 e. The molecule has 1 atom stereocenters. The Kier molecular flexibility index (Phi) is 6.90. The molecular formula is C31H33N3O2. The molecule has 1 aliphatic rings. The number of rotatable bonds is 9. The van der Waals surface area contributed by atoms with Crippen molar-refractivity contribution < 1.29 is 9.59 Å². The van der Waals surface area contributed by atoms with E-state index in [1.807, 2.05) is 47.4 Å². The number of nitrogens with zero attached hydrogens (tertiary/aromatic N) is 2. The van der Waals surface area contributed by atoms with Gasteiger partial charge in [-0.1, -0.05) is 66.7 Å².